The minimum Gasteiger partial charge on any atom is -0.383 e. The van der Waals surface area contributed by atoms with Gasteiger partial charge in [-0.2, -0.15) is 0 Å². The Bertz CT molecular complexity index is 457. The van der Waals surface area contributed by atoms with Crippen LogP contribution in [0.15, 0.2) is 18.2 Å². The van der Waals surface area contributed by atoms with Gasteiger partial charge in [-0.25, -0.2) is 0 Å². The summed E-state index contributed by atoms with van der Waals surface area (Å²) < 4.78 is 5.11. The van der Waals surface area contributed by atoms with Gasteiger partial charge in [0.05, 0.1) is 6.61 Å². The molecule has 0 saturated heterocycles. The van der Waals surface area contributed by atoms with Crippen LogP contribution in [-0.4, -0.2) is 31.1 Å². The second kappa shape index (κ2) is 6.17. The number of carbonyl (C=O) groups is 1. The first-order valence-electron chi connectivity index (χ1n) is 6.74. The maximum absolute atomic E-state index is 11.7. The monoisotopic (exact) mass is 262 g/mol. The lowest BCUT2D eigenvalue weighted by Crippen LogP contribution is -2.21. The van der Waals surface area contributed by atoms with Crippen molar-refractivity contribution in [1.29, 1.82) is 0 Å². The molecule has 0 fully saturated rings. The van der Waals surface area contributed by atoms with Gasteiger partial charge in [0, 0.05) is 38.3 Å². The van der Waals surface area contributed by atoms with Crippen molar-refractivity contribution in [3.8, 4) is 0 Å². The van der Waals surface area contributed by atoms with Crippen LogP contribution in [0.25, 0.3) is 0 Å². The third kappa shape index (κ3) is 3.55. The summed E-state index contributed by atoms with van der Waals surface area (Å²) in [6.07, 6.45) is 0. The van der Waals surface area contributed by atoms with E-state index < -0.39 is 0 Å². The van der Waals surface area contributed by atoms with Crippen LogP contribution in [0.3, 0.4) is 0 Å². The molecule has 104 valence electrons. The Hall–Kier alpha value is -1.39. The van der Waals surface area contributed by atoms with Crippen LogP contribution >= 0.6 is 0 Å². The quantitative estimate of drug-likeness (QED) is 0.885. The Labute approximate surface area is 114 Å². The van der Waals surface area contributed by atoms with Crippen LogP contribution in [0.1, 0.15) is 25.0 Å². The van der Waals surface area contributed by atoms with E-state index in [1.807, 2.05) is 19.9 Å². The van der Waals surface area contributed by atoms with E-state index in [2.05, 4.69) is 22.3 Å². The van der Waals surface area contributed by atoms with Crippen molar-refractivity contribution in [3.63, 3.8) is 0 Å². The number of carbonyl (C=O) groups excluding carboxylic acids is 1. The first-order chi connectivity index (χ1) is 9.10. The Kier molecular flexibility index (Phi) is 4.56. The molecule has 2 rings (SSSR count). The van der Waals surface area contributed by atoms with Crippen LogP contribution in [0, 0.1) is 5.92 Å². The number of hydrogen-bond donors (Lipinski definition) is 1. The molecule has 4 heteroatoms. The molecule has 1 aliphatic heterocycles. The van der Waals surface area contributed by atoms with Gasteiger partial charge in [-0.3, -0.25) is 9.69 Å². The molecule has 0 bridgehead atoms. The second-order valence-electron chi connectivity index (χ2n) is 5.33. The molecule has 1 heterocycles. The van der Waals surface area contributed by atoms with Crippen molar-refractivity contribution in [2.75, 3.05) is 25.6 Å². The van der Waals surface area contributed by atoms with E-state index in [-0.39, 0.29) is 11.8 Å². The van der Waals surface area contributed by atoms with E-state index in [4.69, 9.17) is 4.74 Å². The number of fused-ring (bicyclic) bond motifs is 1. The zero-order valence-electron chi connectivity index (χ0n) is 11.9. The first-order valence-corrected chi connectivity index (χ1v) is 6.74. The average Bonchev–Trinajstić information content (AvgIpc) is 2.78. The number of anilines is 1. The van der Waals surface area contributed by atoms with E-state index in [0.717, 1.165) is 31.9 Å². The molecule has 1 aromatic rings. The summed E-state index contributed by atoms with van der Waals surface area (Å²) in [6, 6.07) is 6.18. The average molecular weight is 262 g/mol. The van der Waals surface area contributed by atoms with E-state index >= 15 is 0 Å². The normalized spacial score (nSPS) is 14.7. The summed E-state index contributed by atoms with van der Waals surface area (Å²) >= 11 is 0. The molecule has 0 radical (unpaired) electrons. The van der Waals surface area contributed by atoms with E-state index in [0.29, 0.717) is 0 Å². The fourth-order valence-electron chi connectivity index (χ4n) is 2.21. The fourth-order valence-corrected chi connectivity index (χ4v) is 2.21. The summed E-state index contributed by atoms with van der Waals surface area (Å²) in [5.41, 5.74) is 3.54. The summed E-state index contributed by atoms with van der Waals surface area (Å²) in [4.78, 5) is 14.0. The van der Waals surface area contributed by atoms with Crippen molar-refractivity contribution in [1.82, 2.24) is 4.90 Å². The molecule has 1 aromatic carbocycles. The first kappa shape index (κ1) is 14.0. The number of hydrogen-bond acceptors (Lipinski definition) is 3. The molecule has 0 saturated carbocycles. The second-order valence-corrected chi connectivity index (χ2v) is 5.33. The lowest BCUT2D eigenvalue weighted by atomic mass is 10.1. The Balaban J connectivity index is 2.00. The minimum atomic E-state index is 0.00598. The highest BCUT2D eigenvalue weighted by molar-refractivity contribution is 5.92. The van der Waals surface area contributed by atoms with E-state index in [9.17, 15) is 4.79 Å². The lowest BCUT2D eigenvalue weighted by Gasteiger charge is -2.13. The van der Waals surface area contributed by atoms with Crippen molar-refractivity contribution in [3.05, 3.63) is 29.3 Å². The van der Waals surface area contributed by atoms with Crippen molar-refractivity contribution >= 4 is 11.6 Å². The highest BCUT2D eigenvalue weighted by Crippen LogP contribution is 2.25. The van der Waals surface area contributed by atoms with Gasteiger partial charge < -0.3 is 10.1 Å². The molecule has 0 atom stereocenters. The van der Waals surface area contributed by atoms with E-state index in [1.165, 1.54) is 11.1 Å². The summed E-state index contributed by atoms with van der Waals surface area (Å²) in [5, 5.41) is 2.95. The standard InChI is InChI=1S/C15H22N2O2/c1-11(2)15(18)16-14-5-4-12-9-17(6-7-19-3)10-13(12)8-14/h4-5,8,11H,6-7,9-10H2,1-3H3,(H,16,18). The van der Waals surface area contributed by atoms with Crippen LogP contribution in [0.2, 0.25) is 0 Å². The van der Waals surface area contributed by atoms with Gasteiger partial charge in [0.15, 0.2) is 0 Å². The largest absolute Gasteiger partial charge is 0.383 e. The summed E-state index contributed by atoms with van der Waals surface area (Å²) in [6.45, 7) is 7.40. The predicted octanol–water partition coefficient (Wildman–Crippen LogP) is 2.24. The number of rotatable bonds is 5. The van der Waals surface area contributed by atoms with Gasteiger partial charge in [0.25, 0.3) is 0 Å². The molecule has 19 heavy (non-hydrogen) atoms. The van der Waals surface area contributed by atoms with Crippen molar-refractivity contribution in [2.24, 2.45) is 5.92 Å². The highest BCUT2D eigenvalue weighted by Gasteiger charge is 2.19. The molecule has 1 aliphatic rings. The van der Waals surface area contributed by atoms with Crippen LogP contribution < -0.4 is 5.32 Å². The molecule has 4 nitrogen and oxygen atoms in total. The molecule has 0 aromatic heterocycles. The zero-order chi connectivity index (χ0) is 13.8. The van der Waals surface area contributed by atoms with Crippen LogP contribution in [-0.2, 0) is 22.6 Å². The SMILES string of the molecule is COCCN1Cc2ccc(NC(=O)C(C)C)cc2C1. The van der Waals surface area contributed by atoms with Crippen molar-refractivity contribution < 1.29 is 9.53 Å². The number of nitrogens with zero attached hydrogens (tertiary/aromatic N) is 1. The molecule has 0 unspecified atom stereocenters. The Morgan fingerprint density at radius 2 is 2.11 bits per heavy atom. The number of amides is 1. The predicted molar refractivity (Wildman–Crippen MR) is 75.9 cm³/mol. The molecule has 0 spiro atoms. The smallest absolute Gasteiger partial charge is 0.226 e. The third-order valence-electron chi connectivity index (χ3n) is 3.40. The van der Waals surface area contributed by atoms with Gasteiger partial charge in [0.1, 0.15) is 0 Å². The summed E-state index contributed by atoms with van der Waals surface area (Å²) in [7, 11) is 1.72. The number of ether oxygens (including phenoxy) is 1. The topological polar surface area (TPSA) is 41.6 Å². The fraction of sp³-hybridized carbons (Fsp3) is 0.533. The maximum atomic E-state index is 11.7. The maximum Gasteiger partial charge on any atom is 0.226 e. The van der Waals surface area contributed by atoms with Crippen LogP contribution in [0.5, 0.6) is 0 Å². The summed E-state index contributed by atoms with van der Waals surface area (Å²) in [5.74, 6) is 0.0700. The van der Waals surface area contributed by atoms with Gasteiger partial charge >= 0.3 is 0 Å². The number of nitrogens with one attached hydrogen (secondary N) is 1. The molecular formula is C15H22N2O2. The Morgan fingerprint density at radius 3 is 2.79 bits per heavy atom. The Morgan fingerprint density at radius 1 is 1.37 bits per heavy atom. The molecular weight excluding hydrogens is 240 g/mol. The van der Waals surface area contributed by atoms with Crippen LogP contribution in [0.4, 0.5) is 5.69 Å². The molecule has 1 amide bonds. The number of benzene rings is 1. The minimum absolute atomic E-state index is 0.00598. The lowest BCUT2D eigenvalue weighted by molar-refractivity contribution is -0.118. The van der Waals surface area contributed by atoms with Crippen molar-refractivity contribution in [2.45, 2.75) is 26.9 Å². The van der Waals surface area contributed by atoms with Gasteiger partial charge in [-0.1, -0.05) is 19.9 Å². The van der Waals surface area contributed by atoms with Gasteiger partial charge in [0.2, 0.25) is 5.91 Å². The van der Waals surface area contributed by atoms with E-state index in [1.54, 1.807) is 7.11 Å². The highest BCUT2D eigenvalue weighted by atomic mass is 16.5. The third-order valence-corrected chi connectivity index (χ3v) is 3.40. The molecule has 1 N–H and O–H groups in total. The molecule has 0 aliphatic carbocycles. The zero-order valence-corrected chi connectivity index (χ0v) is 11.9. The van der Waals surface area contributed by atoms with Gasteiger partial charge in [-0.05, 0) is 23.3 Å². The van der Waals surface area contributed by atoms with Gasteiger partial charge in [-0.15, -0.1) is 0 Å². The number of methoxy groups -OCH3 is 1.